The van der Waals surface area contributed by atoms with Gasteiger partial charge in [0.1, 0.15) is 10.8 Å². The Kier molecular flexibility index (Phi) is 10.1. The lowest BCUT2D eigenvalue weighted by Gasteiger charge is -2.39. The van der Waals surface area contributed by atoms with Crippen molar-refractivity contribution in [3.05, 3.63) is 54.4 Å². The van der Waals surface area contributed by atoms with Gasteiger partial charge in [0.15, 0.2) is 0 Å². The van der Waals surface area contributed by atoms with E-state index in [0.717, 1.165) is 71.9 Å². The average molecular weight is 525 g/mol. The molecular weight excluding hydrogens is 488 g/mol. The van der Waals surface area contributed by atoms with Crippen molar-refractivity contribution in [2.75, 3.05) is 32.5 Å². The van der Waals surface area contributed by atoms with E-state index in [0.29, 0.717) is 24.7 Å². The number of aliphatic carboxylic acids is 1. The van der Waals surface area contributed by atoms with Crippen LogP contribution in [0.3, 0.4) is 0 Å². The Morgan fingerprint density at radius 1 is 1.22 bits per heavy atom. The van der Waals surface area contributed by atoms with Crippen LogP contribution in [0.2, 0.25) is 0 Å². The van der Waals surface area contributed by atoms with Crippen LogP contribution in [0, 0.1) is 11.8 Å². The predicted molar refractivity (Wildman–Crippen MR) is 145 cm³/mol. The van der Waals surface area contributed by atoms with Gasteiger partial charge in [-0.25, -0.2) is 0 Å². The Hall–Kier alpha value is -2.75. The Morgan fingerprint density at radius 3 is 2.89 bits per heavy atom. The summed E-state index contributed by atoms with van der Waals surface area (Å²) in [5, 5.41) is 30.3. The van der Waals surface area contributed by atoms with Crippen molar-refractivity contribution in [2.45, 2.75) is 49.7 Å². The number of methoxy groups -OCH3 is 1. The molecule has 2 N–H and O–H groups in total. The molecule has 3 heterocycles. The minimum atomic E-state index is -0.742. The summed E-state index contributed by atoms with van der Waals surface area (Å²) in [7, 11) is 1.63. The molecule has 0 amide bonds. The molecule has 0 unspecified atom stereocenters. The normalized spacial score (nSPS) is 19.1. The van der Waals surface area contributed by atoms with E-state index in [-0.39, 0.29) is 6.42 Å². The van der Waals surface area contributed by atoms with E-state index in [1.807, 2.05) is 36.4 Å². The number of benzene rings is 1. The molecule has 1 aliphatic heterocycles. The van der Waals surface area contributed by atoms with Gasteiger partial charge < -0.3 is 19.8 Å². The summed E-state index contributed by atoms with van der Waals surface area (Å²) in [6.45, 7) is 2.92. The van der Waals surface area contributed by atoms with Gasteiger partial charge >= 0.3 is 5.97 Å². The van der Waals surface area contributed by atoms with Gasteiger partial charge in [-0.3, -0.25) is 9.78 Å². The van der Waals surface area contributed by atoms with E-state index in [1.54, 1.807) is 31.3 Å². The zero-order valence-electron chi connectivity index (χ0n) is 21.3. The smallest absolute Gasteiger partial charge is 0.303 e. The second kappa shape index (κ2) is 13.7. The molecule has 37 heavy (non-hydrogen) atoms. The van der Waals surface area contributed by atoms with E-state index in [9.17, 15) is 15.0 Å². The average Bonchev–Trinajstić information content (AvgIpc) is 2.93. The lowest BCUT2D eigenvalue weighted by Crippen LogP contribution is -2.41. The molecule has 8 nitrogen and oxygen atoms in total. The number of carboxylic acids is 1. The van der Waals surface area contributed by atoms with Crippen LogP contribution >= 0.6 is 11.8 Å². The number of carbonyl (C=O) groups is 1. The molecule has 1 fully saturated rings. The van der Waals surface area contributed by atoms with Crippen molar-refractivity contribution in [2.24, 2.45) is 11.8 Å². The standard InChI is InChI=1S/C28H36N4O4S/c1-36-22-7-8-25-24(18-22)23(11-14-29-25)26(33)9-5-20-12-16-32(19-21(20)6-10-28(34)35)15-3-17-37-27-4-2-13-30-31-27/h2,4,7-8,11,13-14,18,20-21,26,33H,3,5-6,9-10,12,15-17,19H2,1H3,(H,34,35)/t20-,21-,26-/m1/s1. The van der Waals surface area contributed by atoms with Crippen LogP contribution in [0.15, 0.2) is 53.8 Å². The highest BCUT2D eigenvalue weighted by atomic mass is 32.2. The zero-order valence-corrected chi connectivity index (χ0v) is 22.1. The number of pyridine rings is 1. The van der Waals surface area contributed by atoms with Gasteiger partial charge in [0.25, 0.3) is 0 Å². The Morgan fingerprint density at radius 2 is 2.11 bits per heavy atom. The van der Waals surface area contributed by atoms with Crippen molar-refractivity contribution in [1.82, 2.24) is 20.1 Å². The third kappa shape index (κ3) is 7.87. The van der Waals surface area contributed by atoms with Crippen LogP contribution < -0.4 is 4.74 Å². The Labute approximate surface area is 222 Å². The van der Waals surface area contributed by atoms with Gasteiger partial charge in [0, 0.05) is 36.5 Å². The molecule has 3 aromatic rings. The SMILES string of the molecule is COc1ccc2nccc([C@H](O)CC[C@@H]3CCN(CCCSc4cccnn4)C[C@H]3CCC(=O)O)c2c1. The molecule has 0 saturated carbocycles. The summed E-state index contributed by atoms with van der Waals surface area (Å²) >= 11 is 1.72. The van der Waals surface area contributed by atoms with Crippen molar-refractivity contribution in [3.8, 4) is 5.75 Å². The van der Waals surface area contributed by atoms with Gasteiger partial charge in [0.05, 0.1) is 18.7 Å². The van der Waals surface area contributed by atoms with E-state index in [1.165, 1.54) is 0 Å². The molecule has 4 rings (SSSR count). The number of hydrogen-bond acceptors (Lipinski definition) is 8. The van der Waals surface area contributed by atoms with Crippen LogP contribution in [-0.2, 0) is 4.79 Å². The lowest BCUT2D eigenvalue weighted by molar-refractivity contribution is -0.137. The summed E-state index contributed by atoms with van der Waals surface area (Å²) in [6, 6.07) is 11.5. The first-order valence-corrected chi connectivity index (χ1v) is 14.0. The fourth-order valence-electron chi connectivity index (χ4n) is 5.30. The maximum absolute atomic E-state index is 11.3. The molecule has 0 spiro atoms. The summed E-state index contributed by atoms with van der Waals surface area (Å²) in [5.41, 5.74) is 1.70. The Bertz CT molecular complexity index is 1150. The monoisotopic (exact) mass is 524 g/mol. The Balaban J connectivity index is 1.32. The number of aromatic nitrogens is 3. The van der Waals surface area contributed by atoms with Crippen LogP contribution in [-0.4, -0.2) is 68.8 Å². The summed E-state index contributed by atoms with van der Waals surface area (Å²) in [6.07, 6.45) is 7.27. The minimum Gasteiger partial charge on any atom is -0.497 e. The number of aliphatic hydroxyl groups excluding tert-OH is 1. The number of nitrogens with zero attached hydrogens (tertiary/aromatic N) is 4. The summed E-state index contributed by atoms with van der Waals surface area (Å²) in [5.74, 6) is 1.70. The first kappa shape index (κ1) is 27.3. The maximum atomic E-state index is 11.3. The number of ether oxygens (including phenoxy) is 1. The fraction of sp³-hybridized carbons (Fsp3) is 0.500. The molecule has 9 heteroatoms. The second-order valence-electron chi connectivity index (χ2n) is 9.68. The van der Waals surface area contributed by atoms with Crippen LogP contribution in [0.25, 0.3) is 10.9 Å². The maximum Gasteiger partial charge on any atom is 0.303 e. The highest BCUT2D eigenvalue weighted by Gasteiger charge is 2.30. The minimum absolute atomic E-state index is 0.189. The summed E-state index contributed by atoms with van der Waals surface area (Å²) in [4.78, 5) is 18.2. The predicted octanol–water partition coefficient (Wildman–Crippen LogP) is 4.83. The van der Waals surface area contributed by atoms with Crippen molar-refractivity contribution < 1.29 is 19.7 Å². The number of likely N-dealkylation sites (tertiary alicyclic amines) is 1. The molecule has 1 aromatic carbocycles. The number of fused-ring (bicyclic) bond motifs is 1. The highest BCUT2D eigenvalue weighted by molar-refractivity contribution is 7.99. The zero-order chi connectivity index (χ0) is 26.0. The van der Waals surface area contributed by atoms with E-state index < -0.39 is 12.1 Å². The topological polar surface area (TPSA) is 109 Å². The van der Waals surface area contributed by atoms with Crippen LogP contribution in [0.4, 0.5) is 0 Å². The number of thioether (sulfide) groups is 1. The molecule has 0 bridgehead atoms. The number of rotatable bonds is 13. The third-order valence-corrected chi connectivity index (χ3v) is 8.28. The van der Waals surface area contributed by atoms with E-state index >= 15 is 0 Å². The largest absolute Gasteiger partial charge is 0.497 e. The number of hydrogen-bond donors (Lipinski definition) is 2. The van der Waals surface area contributed by atoms with Gasteiger partial charge in [-0.1, -0.05) is 0 Å². The van der Waals surface area contributed by atoms with Crippen LogP contribution in [0.1, 0.15) is 50.2 Å². The van der Waals surface area contributed by atoms with E-state index in [4.69, 9.17) is 4.74 Å². The third-order valence-electron chi connectivity index (χ3n) is 7.27. The molecule has 1 aliphatic rings. The van der Waals surface area contributed by atoms with Gasteiger partial charge in [-0.05, 0) is 99.0 Å². The van der Waals surface area contributed by atoms with Crippen molar-refractivity contribution in [3.63, 3.8) is 0 Å². The molecule has 2 aromatic heterocycles. The number of carboxylic acid groups (broad SMARTS) is 1. The van der Waals surface area contributed by atoms with Crippen LogP contribution in [0.5, 0.6) is 5.75 Å². The molecule has 3 atom stereocenters. The van der Waals surface area contributed by atoms with Gasteiger partial charge in [-0.15, -0.1) is 16.9 Å². The first-order chi connectivity index (χ1) is 18.0. The molecular formula is C28H36N4O4S. The van der Waals surface area contributed by atoms with Crippen molar-refractivity contribution in [1.29, 1.82) is 0 Å². The molecule has 1 saturated heterocycles. The summed E-state index contributed by atoms with van der Waals surface area (Å²) < 4.78 is 5.37. The highest BCUT2D eigenvalue weighted by Crippen LogP contribution is 2.35. The lowest BCUT2D eigenvalue weighted by atomic mass is 9.79. The second-order valence-corrected chi connectivity index (χ2v) is 10.8. The van der Waals surface area contributed by atoms with Gasteiger partial charge in [-0.2, -0.15) is 5.10 Å². The van der Waals surface area contributed by atoms with E-state index in [2.05, 4.69) is 20.1 Å². The number of aliphatic hydroxyl groups is 1. The number of piperidine rings is 1. The first-order valence-electron chi connectivity index (χ1n) is 13.0. The molecule has 0 aliphatic carbocycles. The van der Waals surface area contributed by atoms with Gasteiger partial charge in [0.2, 0.25) is 0 Å². The molecule has 0 radical (unpaired) electrons. The van der Waals surface area contributed by atoms with Crippen molar-refractivity contribution >= 4 is 28.6 Å². The quantitative estimate of drug-likeness (QED) is 0.240. The fourth-order valence-corrected chi connectivity index (χ4v) is 6.06. The molecule has 198 valence electrons.